The van der Waals surface area contributed by atoms with Gasteiger partial charge in [0.1, 0.15) is 0 Å². The molecule has 0 saturated heterocycles. The van der Waals surface area contributed by atoms with Gasteiger partial charge in [0.15, 0.2) is 0 Å². The van der Waals surface area contributed by atoms with Crippen molar-refractivity contribution in [3.05, 3.63) is 35.4 Å². The van der Waals surface area contributed by atoms with Gasteiger partial charge in [-0.05, 0) is 42.7 Å². The van der Waals surface area contributed by atoms with Crippen LogP contribution in [0, 0.1) is 18.8 Å². The van der Waals surface area contributed by atoms with E-state index < -0.39 is 0 Å². The molecule has 0 N–H and O–H groups in total. The molecule has 1 aromatic carbocycles. The normalized spacial score (nSPS) is 13.4. The van der Waals surface area contributed by atoms with Crippen molar-refractivity contribution in [2.75, 3.05) is 19.3 Å². The Bertz CT molecular complexity index is 335. The summed E-state index contributed by atoms with van der Waals surface area (Å²) >= 11 is 4.45. The molecule has 0 aliphatic heterocycles. The summed E-state index contributed by atoms with van der Waals surface area (Å²) in [6.07, 6.45) is 0. The van der Waals surface area contributed by atoms with E-state index in [9.17, 15) is 0 Å². The third kappa shape index (κ3) is 4.72. The maximum Gasteiger partial charge on any atom is 0.0233 e. The molecule has 0 amide bonds. The highest BCUT2D eigenvalue weighted by atomic mass is 32.1. The maximum atomic E-state index is 4.45. The van der Waals surface area contributed by atoms with E-state index in [0.29, 0.717) is 11.8 Å². The molecule has 1 rings (SSSR count). The molecule has 96 valence electrons. The maximum absolute atomic E-state index is 4.45. The number of rotatable bonds is 6. The summed E-state index contributed by atoms with van der Waals surface area (Å²) < 4.78 is 0. The topological polar surface area (TPSA) is 3.24 Å². The molecule has 0 fully saturated rings. The SMILES string of the molecule is Cc1ccccc1CN(C)CC(CS)C(C)C. The summed E-state index contributed by atoms with van der Waals surface area (Å²) in [7, 11) is 2.20. The van der Waals surface area contributed by atoms with Crippen molar-refractivity contribution in [2.24, 2.45) is 11.8 Å². The van der Waals surface area contributed by atoms with Crippen LogP contribution in [0.1, 0.15) is 25.0 Å². The van der Waals surface area contributed by atoms with E-state index in [2.05, 4.69) is 69.6 Å². The zero-order valence-electron chi connectivity index (χ0n) is 11.5. The summed E-state index contributed by atoms with van der Waals surface area (Å²) in [5.74, 6) is 2.34. The Hall–Kier alpha value is -0.470. The number of aryl methyl sites for hydroxylation is 1. The van der Waals surface area contributed by atoms with Crippen LogP contribution in [0.3, 0.4) is 0 Å². The van der Waals surface area contributed by atoms with E-state index in [4.69, 9.17) is 0 Å². The van der Waals surface area contributed by atoms with Crippen molar-refractivity contribution in [2.45, 2.75) is 27.3 Å². The lowest BCUT2D eigenvalue weighted by Crippen LogP contribution is -2.29. The molecule has 1 unspecified atom stereocenters. The van der Waals surface area contributed by atoms with Gasteiger partial charge >= 0.3 is 0 Å². The second-order valence-corrected chi connectivity index (χ2v) is 5.68. The smallest absolute Gasteiger partial charge is 0.0233 e. The van der Waals surface area contributed by atoms with Crippen LogP contribution < -0.4 is 0 Å². The lowest BCUT2D eigenvalue weighted by Gasteiger charge is -2.26. The summed E-state index contributed by atoms with van der Waals surface area (Å²) in [6, 6.07) is 8.62. The van der Waals surface area contributed by atoms with Crippen LogP contribution in [0.4, 0.5) is 0 Å². The Morgan fingerprint density at radius 1 is 1.24 bits per heavy atom. The minimum Gasteiger partial charge on any atom is -0.302 e. The van der Waals surface area contributed by atoms with Crippen molar-refractivity contribution < 1.29 is 0 Å². The molecular weight excluding hydrogens is 226 g/mol. The van der Waals surface area contributed by atoms with Crippen molar-refractivity contribution >= 4 is 12.6 Å². The fraction of sp³-hybridized carbons (Fsp3) is 0.600. The van der Waals surface area contributed by atoms with Gasteiger partial charge in [0.05, 0.1) is 0 Å². The molecule has 0 aliphatic rings. The summed E-state index contributed by atoms with van der Waals surface area (Å²) in [5.41, 5.74) is 2.81. The van der Waals surface area contributed by atoms with Crippen LogP contribution >= 0.6 is 12.6 Å². The minimum atomic E-state index is 0.673. The lowest BCUT2D eigenvalue weighted by molar-refractivity contribution is 0.246. The van der Waals surface area contributed by atoms with E-state index in [1.54, 1.807) is 0 Å². The monoisotopic (exact) mass is 251 g/mol. The molecule has 1 aromatic rings. The molecule has 0 heterocycles. The zero-order chi connectivity index (χ0) is 12.8. The quantitative estimate of drug-likeness (QED) is 0.756. The molecule has 0 bridgehead atoms. The Labute approximate surface area is 112 Å². The molecule has 0 aliphatic carbocycles. The van der Waals surface area contributed by atoms with Gasteiger partial charge in [0, 0.05) is 13.1 Å². The van der Waals surface area contributed by atoms with E-state index in [-0.39, 0.29) is 0 Å². The third-order valence-electron chi connectivity index (χ3n) is 3.43. The van der Waals surface area contributed by atoms with E-state index in [1.165, 1.54) is 11.1 Å². The van der Waals surface area contributed by atoms with Gasteiger partial charge in [-0.1, -0.05) is 38.1 Å². The number of nitrogens with zero attached hydrogens (tertiary/aromatic N) is 1. The average molecular weight is 251 g/mol. The van der Waals surface area contributed by atoms with Crippen LogP contribution in [-0.2, 0) is 6.54 Å². The van der Waals surface area contributed by atoms with Gasteiger partial charge < -0.3 is 4.90 Å². The van der Waals surface area contributed by atoms with Gasteiger partial charge in [-0.3, -0.25) is 0 Å². The van der Waals surface area contributed by atoms with Crippen LogP contribution in [0.5, 0.6) is 0 Å². The molecule has 0 radical (unpaired) electrons. The van der Waals surface area contributed by atoms with Crippen LogP contribution in [0.25, 0.3) is 0 Å². The highest BCUT2D eigenvalue weighted by Gasteiger charge is 2.14. The van der Waals surface area contributed by atoms with Gasteiger partial charge in [0.25, 0.3) is 0 Å². The first kappa shape index (κ1) is 14.6. The average Bonchev–Trinajstić information content (AvgIpc) is 2.28. The number of hydrogen-bond acceptors (Lipinski definition) is 2. The highest BCUT2D eigenvalue weighted by Crippen LogP contribution is 2.16. The zero-order valence-corrected chi connectivity index (χ0v) is 12.4. The van der Waals surface area contributed by atoms with E-state index >= 15 is 0 Å². The fourth-order valence-electron chi connectivity index (χ4n) is 2.02. The Morgan fingerprint density at radius 3 is 2.41 bits per heavy atom. The fourth-order valence-corrected chi connectivity index (χ4v) is 2.56. The van der Waals surface area contributed by atoms with Gasteiger partial charge in [-0.2, -0.15) is 12.6 Å². The molecule has 2 heteroatoms. The van der Waals surface area contributed by atoms with E-state index in [0.717, 1.165) is 18.8 Å². The van der Waals surface area contributed by atoms with Crippen molar-refractivity contribution in [1.29, 1.82) is 0 Å². The second kappa shape index (κ2) is 7.07. The molecule has 17 heavy (non-hydrogen) atoms. The molecular formula is C15H25NS. The number of hydrogen-bond donors (Lipinski definition) is 1. The largest absolute Gasteiger partial charge is 0.302 e. The second-order valence-electron chi connectivity index (χ2n) is 5.31. The Morgan fingerprint density at radius 2 is 1.88 bits per heavy atom. The van der Waals surface area contributed by atoms with Crippen molar-refractivity contribution in [3.63, 3.8) is 0 Å². The molecule has 0 aromatic heterocycles. The first-order chi connectivity index (χ1) is 8.04. The van der Waals surface area contributed by atoms with Crippen LogP contribution in [-0.4, -0.2) is 24.2 Å². The molecule has 1 nitrogen and oxygen atoms in total. The van der Waals surface area contributed by atoms with Crippen molar-refractivity contribution in [1.82, 2.24) is 4.90 Å². The van der Waals surface area contributed by atoms with Crippen LogP contribution in [0.15, 0.2) is 24.3 Å². The van der Waals surface area contributed by atoms with Gasteiger partial charge in [-0.25, -0.2) is 0 Å². The molecule has 0 spiro atoms. The predicted molar refractivity (Wildman–Crippen MR) is 79.7 cm³/mol. The van der Waals surface area contributed by atoms with Gasteiger partial charge in [0.2, 0.25) is 0 Å². The first-order valence-electron chi connectivity index (χ1n) is 6.38. The highest BCUT2D eigenvalue weighted by molar-refractivity contribution is 7.80. The van der Waals surface area contributed by atoms with Crippen LogP contribution in [0.2, 0.25) is 0 Å². The lowest BCUT2D eigenvalue weighted by atomic mass is 9.97. The summed E-state index contributed by atoms with van der Waals surface area (Å²) in [6.45, 7) is 8.89. The molecule has 1 atom stereocenters. The third-order valence-corrected chi connectivity index (χ3v) is 3.89. The first-order valence-corrected chi connectivity index (χ1v) is 7.01. The van der Waals surface area contributed by atoms with E-state index in [1.807, 2.05) is 0 Å². The number of thiol groups is 1. The van der Waals surface area contributed by atoms with Gasteiger partial charge in [-0.15, -0.1) is 0 Å². The van der Waals surface area contributed by atoms with Crippen molar-refractivity contribution in [3.8, 4) is 0 Å². The summed E-state index contributed by atoms with van der Waals surface area (Å²) in [5, 5.41) is 0. The molecule has 0 saturated carbocycles. The standard InChI is InChI=1S/C15H25NS/c1-12(2)15(11-17)10-16(4)9-14-8-6-5-7-13(14)3/h5-8,12,15,17H,9-11H2,1-4H3. The summed E-state index contributed by atoms with van der Waals surface area (Å²) in [4.78, 5) is 2.41. The Balaban J connectivity index is 2.55. The minimum absolute atomic E-state index is 0.673. The number of benzene rings is 1. The predicted octanol–water partition coefficient (Wildman–Crippen LogP) is 3.63. The Kier molecular flexibility index (Phi) is 6.07.